The molecule has 2 nitrogen and oxygen atoms in total. The van der Waals surface area contributed by atoms with Gasteiger partial charge in [-0.1, -0.05) is 0 Å². The summed E-state index contributed by atoms with van der Waals surface area (Å²) >= 11 is 3.03. The molecule has 1 saturated carbocycles. The predicted molar refractivity (Wildman–Crippen MR) is 50.1 cm³/mol. The van der Waals surface area contributed by atoms with Crippen LogP contribution < -0.4 is 4.74 Å². The molecule has 0 atom stereocenters. The van der Waals surface area contributed by atoms with Crippen molar-refractivity contribution in [2.45, 2.75) is 12.8 Å². The average molecular weight is 246 g/mol. The van der Waals surface area contributed by atoms with Crippen molar-refractivity contribution in [2.24, 2.45) is 5.92 Å². The highest BCUT2D eigenvalue weighted by Crippen LogP contribution is 2.29. The number of hydrogen-bond donors (Lipinski definition) is 0. The second-order valence-electron chi connectivity index (χ2n) is 3.18. The number of pyridine rings is 1. The molecule has 13 heavy (non-hydrogen) atoms. The van der Waals surface area contributed by atoms with Gasteiger partial charge in [0.1, 0.15) is 0 Å². The molecule has 0 saturated heterocycles. The monoisotopic (exact) mass is 245 g/mol. The molecule has 1 heterocycles. The summed E-state index contributed by atoms with van der Waals surface area (Å²) in [5, 5.41) is 0. The van der Waals surface area contributed by atoms with Gasteiger partial charge in [-0.15, -0.1) is 0 Å². The third kappa shape index (κ3) is 2.40. The Bertz CT molecular complexity index is 314. The lowest BCUT2D eigenvalue weighted by Crippen LogP contribution is -2.01. The lowest BCUT2D eigenvalue weighted by Gasteiger charge is -2.03. The molecular formula is C9H9BrFNO. The Hall–Kier alpha value is -0.640. The Morgan fingerprint density at radius 3 is 2.92 bits per heavy atom. The third-order valence-electron chi connectivity index (χ3n) is 1.94. The molecule has 1 aromatic rings. The van der Waals surface area contributed by atoms with E-state index in [0.717, 1.165) is 0 Å². The maximum absolute atomic E-state index is 12.9. The lowest BCUT2D eigenvalue weighted by atomic mass is 10.4. The number of nitrogens with zero attached hydrogens (tertiary/aromatic N) is 1. The zero-order valence-corrected chi connectivity index (χ0v) is 8.55. The second kappa shape index (κ2) is 3.62. The Morgan fingerprint density at radius 1 is 1.54 bits per heavy atom. The van der Waals surface area contributed by atoms with Gasteiger partial charge in [-0.3, -0.25) is 0 Å². The minimum absolute atomic E-state index is 0.367. The molecule has 0 spiro atoms. The summed E-state index contributed by atoms with van der Waals surface area (Å²) in [6.07, 6.45) is 2.44. The normalized spacial score (nSPS) is 15.8. The van der Waals surface area contributed by atoms with Crippen LogP contribution in [0, 0.1) is 11.9 Å². The van der Waals surface area contributed by atoms with E-state index in [1.54, 1.807) is 12.1 Å². The molecule has 1 aliphatic rings. The lowest BCUT2D eigenvalue weighted by molar-refractivity contribution is 0.284. The van der Waals surface area contributed by atoms with E-state index in [1.165, 1.54) is 12.8 Å². The van der Waals surface area contributed by atoms with E-state index in [2.05, 4.69) is 20.9 Å². The summed E-state index contributed by atoms with van der Waals surface area (Å²) in [6, 6.07) is 3.26. The molecule has 0 bridgehead atoms. The van der Waals surface area contributed by atoms with E-state index in [9.17, 15) is 4.39 Å². The van der Waals surface area contributed by atoms with Gasteiger partial charge in [0.05, 0.1) is 11.1 Å². The molecule has 2 rings (SSSR count). The highest BCUT2D eigenvalue weighted by molar-refractivity contribution is 9.10. The Labute approximate surface area is 84.3 Å². The first-order valence-electron chi connectivity index (χ1n) is 4.20. The molecule has 1 aliphatic carbocycles. The van der Waals surface area contributed by atoms with Gasteiger partial charge in [0.25, 0.3) is 0 Å². The standard InChI is InChI=1S/C9H9BrFNO/c10-7-3-4-8(12-9(7)11)13-5-6-1-2-6/h3-4,6H,1-2,5H2. The molecule has 1 aromatic heterocycles. The molecule has 1 fully saturated rings. The fourth-order valence-electron chi connectivity index (χ4n) is 0.969. The van der Waals surface area contributed by atoms with E-state index in [4.69, 9.17) is 4.74 Å². The van der Waals surface area contributed by atoms with E-state index in [1.807, 2.05) is 0 Å². The Kier molecular flexibility index (Phi) is 2.49. The maximum Gasteiger partial charge on any atom is 0.230 e. The van der Waals surface area contributed by atoms with Crippen molar-refractivity contribution < 1.29 is 9.13 Å². The van der Waals surface area contributed by atoms with Crippen LogP contribution in [0.3, 0.4) is 0 Å². The molecule has 0 amide bonds. The number of rotatable bonds is 3. The second-order valence-corrected chi connectivity index (χ2v) is 4.03. The highest BCUT2D eigenvalue weighted by Gasteiger charge is 2.22. The number of hydrogen-bond acceptors (Lipinski definition) is 2. The fourth-order valence-corrected chi connectivity index (χ4v) is 1.19. The van der Waals surface area contributed by atoms with Gasteiger partial charge in [-0.05, 0) is 40.8 Å². The first kappa shape index (κ1) is 8.94. The van der Waals surface area contributed by atoms with Crippen molar-refractivity contribution in [3.63, 3.8) is 0 Å². The van der Waals surface area contributed by atoms with Crippen molar-refractivity contribution >= 4 is 15.9 Å². The summed E-state index contributed by atoms with van der Waals surface area (Å²) in [6.45, 7) is 0.661. The van der Waals surface area contributed by atoms with Crippen LogP contribution in [0.25, 0.3) is 0 Å². The van der Waals surface area contributed by atoms with E-state index in [0.29, 0.717) is 22.9 Å². The van der Waals surface area contributed by atoms with Crippen LogP contribution in [0.1, 0.15) is 12.8 Å². The summed E-state index contributed by atoms with van der Waals surface area (Å²) in [5.41, 5.74) is 0. The summed E-state index contributed by atoms with van der Waals surface area (Å²) in [4.78, 5) is 3.64. The van der Waals surface area contributed by atoms with E-state index in [-0.39, 0.29) is 0 Å². The molecule has 70 valence electrons. The largest absolute Gasteiger partial charge is 0.477 e. The summed E-state index contributed by atoms with van der Waals surface area (Å²) < 4.78 is 18.5. The van der Waals surface area contributed by atoms with Gasteiger partial charge in [-0.2, -0.15) is 9.37 Å². The van der Waals surface area contributed by atoms with Gasteiger partial charge in [0, 0.05) is 6.07 Å². The van der Waals surface area contributed by atoms with Crippen molar-refractivity contribution in [1.82, 2.24) is 4.98 Å². The van der Waals surface area contributed by atoms with Gasteiger partial charge in [-0.25, -0.2) is 0 Å². The maximum atomic E-state index is 12.9. The molecule has 0 radical (unpaired) electrons. The third-order valence-corrected chi connectivity index (χ3v) is 2.53. The molecular weight excluding hydrogens is 237 g/mol. The zero-order valence-electron chi connectivity index (χ0n) is 6.96. The molecule has 0 unspecified atom stereocenters. The molecule has 0 N–H and O–H groups in total. The Morgan fingerprint density at radius 2 is 2.31 bits per heavy atom. The number of ether oxygens (including phenoxy) is 1. The van der Waals surface area contributed by atoms with Crippen LogP contribution in [0.15, 0.2) is 16.6 Å². The predicted octanol–water partition coefficient (Wildman–Crippen LogP) is 2.77. The van der Waals surface area contributed by atoms with Crippen LogP contribution in [-0.2, 0) is 0 Å². The van der Waals surface area contributed by atoms with Crippen LogP contribution >= 0.6 is 15.9 Å². The van der Waals surface area contributed by atoms with Gasteiger partial charge >= 0.3 is 0 Å². The van der Waals surface area contributed by atoms with E-state index >= 15 is 0 Å². The first-order valence-corrected chi connectivity index (χ1v) is 5.00. The smallest absolute Gasteiger partial charge is 0.230 e. The van der Waals surface area contributed by atoms with Crippen LogP contribution in [0.2, 0.25) is 0 Å². The topological polar surface area (TPSA) is 22.1 Å². The van der Waals surface area contributed by atoms with Crippen molar-refractivity contribution in [3.8, 4) is 5.88 Å². The van der Waals surface area contributed by atoms with Crippen molar-refractivity contribution in [3.05, 3.63) is 22.6 Å². The van der Waals surface area contributed by atoms with Crippen LogP contribution in [0.4, 0.5) is 4.39 Å². The SMILES string of the molecule is Fc1nc(OCC2CC2)ccc1Br. The summed E-state index contributed by atoms with van der Waals surface area (Å²) in [7, 11) is 0. The van der Waals surface area contributed by atoms with Gasteiger partial charge < -0.3 is 4.74 Å². The molecule has 0 aliphatic heterocycles. The molecule has 4 heteroatoms. The Balaban J connectivity index is 1.98. The average Bonchev–Trinajstić information content (AvgIpc) is 2.91. The van der Waals surface area contributed by atoms with Crippen molar-refractivity contribution in [2.75, 3.05) is 6.61 Å². The first-order chi connectivity index (χ1) is 6.25. The number of aromatic nitrogens is 1. The van der Waals surface area contributed by atoms with Crippen LogP contribution in [-0.4, -0.2) is 11.6 Å². The fraction of sp³-hybridized carbons (Fsp3) is 0.444. The van der Waals surface area contributed by atoms with Gasteiger partial charge in [0.2, 0.25) is 11.8 Å². The summed E-state index contributed by atoms with van der Waals surface area (Å²) in [5.74, 6) is 0.509. The zero-order chi connectivity index (χ0) is 9.26. The van der Waals surface area contributed by atoms with Crippen LogP contribution in [0.5, 0.6) is 5.88 Å². The molecule has 0 aromatic carbocycles. The minimum atomic E-state index is -0.520. The van der Waals surface area contributed by atoms with Gasteiger partial charge in [0.15, 0.2) is 0 Å². The quantitative estimate of drug-likeness (QED) is 0.765. The van der Waals surface area contributed by atoms with Crippen molar-refractivity contribution in [1.29, 1.82) is 0 Å². The minimum Gasteiger partial charge on any atom is -0.477 e. The highest BCUT2D eigenvalue weighted by atomic mass is 79.9. The number of halogens is 2. The van der Waals surface area contributed by atoms with E-state index < -0.39 is 5.95 Å².